The van der Waals surface area contributed by atoms with Gasteiger partial charge in [0, 0.05) is 11.4 Å². The van der Waals surface area contributed by atoms with Gasteiger partial charge in [0.1, 0.15) is 15.3 Å². The Kier molecular flexibility index (Phi) is 7.24. The third kappa shape index (κ3) is 4.57. The van der Waals surface area contributed by atoms with Crippen molar-refractivity contribution in [3.8, 4) is 0 Å². The Morgan fingerprint density at radius 2 is 2.00 bits per heavy atom. The van der Waals surface area contributed by atoms with Crippen LogP contribution >= 0.6 is 34.3 Å². The Hall–Kier alpha value is -1.46. The molecule has 0 saturated carbocycles. The van der Waals surface area contributed by atoms with Gasteiger partial charge >= 0.3 is 5.97 Å². The van der Waals surface area contributed by atoms with E-state index < -0.39 is 27.9 Å². The molecular formula is C19H23ClN2O5S3. The number of carbonyl (C=O) groups excluding carboxylic acids is 2. The van der Waals surface area contributed by atoms with Gasteiger partial charge in [0.25, 0.3) is 10.0 Å². The molecule has 0 spiro atoms. The van der Waals surface area contributed by atoms with Crippen LogP contribution in [0.5, 0.6) is 0 Å². The predicted molar refractivity (Wildman–Crippen MR) is 119 cm³/mol. The first-order chi connectivity index (χ1) is 14.2. The molecule has 164 valence electrons. The van der Waals surface area contributed by atoms with Crippen molar-refractivity contribution in [3.05, 3.63) is 32.5 Å². The predicted octanol–water partition coefficient (Wildman–Crippen LogP) is 4.44. The maximum atomic E-state index is 13.1. The Morgan fingerprint density at radius 1 is 1.27 bits per heavy atom. The van der Waals surface area contributed by atoms with E-state index in [1.807, 2.05) is 6.92 Å². The van der Waals surface area contributed by atoms with Crippen molar-refractivity contribution in [1.29, 1.82) is 0 Å². The first-order valence-corrected chi connectivity index (χ1v) is 13.0. The Balaban J connectivity index is 1.89. The lowest BCUT2D eigenvalue weighted by molar-refractivity contribution is -0.120. The minimum atomic E-state index is -3.85. The zero-order valence-electron chi connectivity index (χ0n) is 16.9. The number of aryl methyl sites for hydroxylation is 1. The minimum Gasteiger partial charge on any atom is -0.462 e. The maximum Gasteiger partial charge on any atom is 0.341 e. The SMILES string of the molecule is CCOC(=O)c1c(NC(=O)C2CCCCN2S(=O)(=O)c2ccc(Cl)s2)sc(C)c1C. The number of ether oxygens (including phenoxy) is 1. The third-order valence-corrected chi connectivity index (χ3v) is 9.70. The summed E-state index contributed by atoms with van der Waals surface area (Å²) in [5, 5.41) is 3.17. The number of nitrogens with one attached hydrogen (secondary N) is 1. The molecule has 1 fully saturated rings. The largest absolute Gasteiger partial charge is 0.462 e. The lowest BCUT2D eigenvalue weighted by atomic mass is 10.0. The number of sulfonamides is 1. The van der Waals surface area contributed by atoms with E-state index in [0.717, 1.165) is 28.2 Å². The van der Waals surface area contributed by atoms with Gasteiger partial charge in [0.15, 0.2) is 0 Å². The average molecular weight is 491 g/mol. The topological polar surface area (TPSA) is 92.8 Å². The lowest BCUT2D eigenvalue weighted by Gasteiger charge is -2.33. The van der Waals surface area contributed by atoms with E-state index in [-0.39, 0.29) is 17.4 Å². The quantitative estimate of drug-likeness (QED) is 0.604. The van der Waals surface area contributed by atoms with Gasteiger partial charge in [-0.1, -0.05) is 18.0 Å². The Labute approximate surface area is 189 Å². The molecule has 0 aliphatic carbocycles. The van der Waals surface area contributed by atoms with Crippen molar-refractivity contribution in [3.63, 3.8) is 0 Å². The van der Waals surface area contributed by atoms with Crippen LogP contribution in [0.3, 0.4) is 0 Å². The second kappa shape index (κ2) is 9.35. The van der Waals surface area contributed by atoms with Gasteiger partial charge in [-0.05, 0) is 51.3 Å². The third-order valence-electron chi connectivity index (χ3n) is 4.97. The zero-order chi connectivity index (χ0) is 22.1. The van der Waals surface area contributed by atoms with E-state index in [1.54, 1.807) is 13.8 Å². The zero-order valence-corrected chi connectivity index (χ0v) is 20.1. The van der Waals surface area contributed by atoms with Crippen LogP contribution in [0.15, 0.2) is 16.3 Å². The molecule has 1 aliphatic heterocycles. The first kappa shape index (κ1) is 23.2. The van der Waals surface area contributed by atoms with Crippen LogP contribution in [-0.2, 0) is 19.6 Å². The van der Waals surface area contributed by atoms with E-state index in [0.29, 0.717) is 27.7 Å². The second-order valence-electron chi connectivity index (χ2n) is 6.88. The molecule has 7 nitrogen and oxygen atoms in total. The number of carbonyl (C=O) groups is 2. The van der Waals surface area contributed by atoms with Crippen molar-refractivity contribution in [2.24, 2.45) is 0 Å². The molecule has 11 heteroatoms. The summed E-state index contributed by atoms with van der Waals surface area (Å²) in [6, 6.07) is 2.12. The number of rotatable bonds is 6. The summed E-state index contributed by atoms with van der Waals surface area (Å²) in [6.07, 6.45) is 1.82. The smallest absolute Gasteiger partial charge is 0.341 e. The van der Waals surface area contributed by atoms with Crippen molar-refractivity contribution in [2.75, 3.05) is 18.5 Å². The highest BCUT2D eigenvalue weighted by Gasteiger charge is 2.39. The number of hydrogen-bond donors (Lipinski definition) is 1. The molecule has 1 amide bonds. The second-order valence-corrected chi connectivity index (χ2v) is 11.9. The normalized spacial score (nSPS) is 17.7. The summed E-state index contributed by atoms with van der Waals surface area (Å²) < 4.78 is 33.1. The van der Waals surface area contributed by atoms with Crippen LogP contribution in [0.2, 0.25) is 4.34 Å². The monoisotopic (exact) mass is 490 g/mol. The molecule has 2 aromatic rings. The molecule has 3 heterocycles. The fraction of sp³-hybridized carbons (Fsp3) is 0.474. The molecule has 3 rings (SSSR count). The number of nitrogens with zero attached hydrogens (tertiary/aromatic N) is 1. The minimum absolute atomic E-state index is 0.113. The fourth-order valence-corrected chi connectivity index (χ4v) is 7.69. The molecule has 2 aromatic heterocycles. The van der Waals surface area contributed by atoms with Gasteiger partial charge in [-0.15, -0.1) is 22.7 Å². The van der Waals surface area contributed by atoms with Gasteiger partial charge in [-0.2, -0.15) is 4.31 Å². The molecule has 0 radical (unpaired) electrons. The number of hydrogen-bond acceptors (Lipinski definition) is 7. The Bertz CT molecular complexity index is 1060. The molecule has 1 saturated heterocycles. The molecular weight excluding hydrogens is 468 g/mol. The molecule has 0 aromatic carbocycles. The Morgan fingerprint density at radius 3 is 2.63 bits per heavy atom. The molecule has 1 unspecified atom stereocenters. The molecule has 0 bridgehead atoms. The van der Waals surface area contributed by atoms with Crippen LogP contribution in [0.4, 0.5) is 5.00 Å². The summed E-state index contributed by atoms with van der Waals surface area (Å²) in [4.78, 5) is 26.4. The van der Waals surface area contributed by atoms with Gasteiger partial charge in [0.2, 0.25) is 5.91 Å². The highest BCUT2D eigenvalue weighted by Crippen LogP contribution is 2.35. The van der Waals surface area contributed by atoms with Crippen LogP contribution in [0, 0.1) is 13.8 Å². The fourth-order valence-electron chi connectivity index (χ4n) is 3.37. The molecule has 1 N–H and O–H groups in total. The number of anilines is 1. The highest BCUT2D eigenvalue weighted by atomic mass is 35.5. The lowest BCUT2D eigenvalue weighted by Crippen LogP contribution is -2.49. The van der Waals surface area contributed by atoms with Crippen molar-refractivity contribution in [1.82, 2.24) is 4.31 Å². The first-order valence-electron chi connectivity index (χ1n) is 9.52. The van der Waals surface area contributed by atoms with Crippen LogP contribution < -0.4 is 5.32 Å². The van der Waals surface area contributed by atoms with Crippen molar-refractivity contribution < 1.29 is 22.7 Å². The molecule has 1 atom stereocenters. The van der Waals surface area contributed by atoms with Crippen LogP contribution in [-0.4, -0.2) is 43.8 Å². The molecule has 30 heavy (non-hydrogen) atoms. The summed E-state index contributed by atoms with van der Waals surface area (Å²) in [5.41, 5.74) is 1.07. The van der Waals surface area contributed by atoms with Crippen LogP contribution in [0.1, 0.15) is 47.0 Å². The standard InChI is InChI=1S/C19H23ClN2O5S3/c1-4-27-19(24)16-11(2)12(3)28-18(16)21-17(23)13-7-5-6-10-22(13)30(25,26)15-9-8-14(20)29-15/h8-9,13H,4-7,10H2,1-3H3,(H,21,23). The number of halogens is 1. The van der Waals surface area contributed by atoms with E-state index in [4.69, 9.17) is 16.3 Å². The number of esters is 1. The number of piperidine rings is 1. The van der Waals surface area contributed by atoms with E-state index in [9.17, 15) is 18.0 Å². The van der Waals surface area contributed by atoms with Gasteiger partial charge in [0.05, 0.1) is 16.5 Å². The van der Waals surface area contributed by atoms with Crippen molar-refractivity contribution >= 4 is 61.2 Å². The van der Waals surface area contributed by atoms with E-state index in [1.165, 1.54) is 27.8 Å². The van der Waals surface area contributed by atoms with Crippen molar-refractivity contribution in [2.45, 2.75) is 50.3 Å². The average Bonchev–Trinajstić information content (AvgIpc) is 3.26. The van der Waals surface area contributed by atoms with E-state index >= 15 is 0 Å². The summed E-state index contributed by atoms with van der Waals surface area (Å²) in [7, 11) is -3.85. The van der Waals surface area contributed by atoms with Gasteiger partial charge in [-0.25, -0.2) is 13.2 Å². The van der Waals surface area contributed by atoms with Crippen LogP contribution in [0.25, 0.3) is 0 Å². The number of amides is 1. The van der Waals surface area contributed by atoms with E-state index in [2.05, 4.69) is 5.32 Å². The highest BCUT2D eigenvalue weighted by molar-refractivity contribution is 7.91. The number of thiophene rings is 2. The summed E-state index contributed by atoms with van der Waals surface area (Å²) >= 11 is 8.16. The van der Waals surface area contributed by atoms with Gasteiger partial charge < -0.3 is 10.1 Å². The maximum absolute atomic E-state index is 13.1. The summed E-state index contributed by atoms with van der Waals surface area (Å²) in [6.45, 7) is 5.84. The van der Waals surface area contributed by atoms with Gasteiger partial charge in [-0.3, -0.25) is 4.79 Å². The molecule has 1 aliphatic rings. The summed E-state index contributed by atoms with van der Waals surface area (Å²) in [5.74, 6) is -0.955.